The second kappa shape index (κ2) is 7.85. The summed E-state index contributed by atoms with van der Waals surface area (Å²) >= 11 is 0. The van der Waals surface area contributed by atoms with Crippen molar-refractivity contribution in [2.45, 2.75) is 33.2 Å². The lowest BCUT2D eigenvalue weighted by molar-refractivity contribution is -0.122. The molecule has 20 heavy (non-hydrogen) atoms. The molecule has 0 aliphatic heterocycles. The number of hydrogen-bond donors (Lipinski definition) is 2. The smallest absolute Gasteiger partial charge is 0.223 e. The molecule has 0 aliphatic rings. The van der Waals surface area contributed by atoms with Crippen LogP contribution in [0.1, 0.15) is 38.8 Å². The molecular weight excluding hydrogens is 259 g/mol. The van der Waals surface area contributed by atoms with E-state index >= 15 is 0 Å². The molecule has 112 valence electrons. The van der Waals surface area contributed by atoms with Crippen molar-refractivity contribution in [3.8, 4) is 5.75 Å². The van der Waals surface area contributed by atoms with E-state index in [2.05, 4.69) is 12.2 Å². The minimum atomic E-state index is -0.411. The van der Waals surface area contributed by atoms with Gasteiger partial charge in [0.1, 0.15) is 11.6 Å². The fourth-order valence-corrected chi connectivity index (χ4v) is 1.76. The van der Waals surface area contributed by atoms with E-state index in [9.17, 15) is 9.18 Å². The van der Waals surface area contributed by atoms with E-state index < -0.39 is 5.91 Å². The highest BCUT2D eigenvalue weighted by Gasteiger charge is 2.15. The van der Waals surface area contributed by atoms with Gasteiger partial charge >= 0.3 is 0 Å². The molecule has 0 aromatic heterocycles. The largest absolute Gasteiger partial charge is 0.492 e. The molecule has 0 saturated carbocycles. The number of primary amides is 1. The topological polar surface area (TPSA) is 64.3 Å². The SMILES string of the molecule is CCCNC(C)c1cc(F)ccc1OCC(C)C(N)=O. The number of halogens is 1. The average molecular weight is 282 g/mol. The van der Waals surface area contributed by atoms with Gasteiger partial charge < -0.3 is 15.8 Å². The van der Waals surface area contributed by atoms with Gasteiger partial charge in [-0.2, -0.15) is 0 Å². The minimum Gasteiger partial charge on any atom is -0.492 e. The van der Waals surface area contributed by atoms with Crippen molar-refractivity contribution >= 4 is 5.91 Å². The van der Waals surface area contributed by atoms with Crippen LogP contribution >= 0.6 is 0 Å². The molecule has 0 fully saturated rings. The number of nitrogens with one attached hydrogen (secondary N) is 1. The molecule has 1 rings (SSSR count). The molecule has 0 spiro atoms. The molecule has 3 N–H and O–H groups in total. The summed E-state index contributed by atoms with van der Waals surface area (Å²) in [6.45, 7) is 6.75. The summed E-state index contributed by atoms with van der Waals surface area (Å²) < 4.78 is 19.0. The summed E-state index contributed by atoms with van der Waals surface area (Å²) in [6.07, 6.45) is 0.995. The Morgan fingerprint density at radius 1 is 1.45 bits per heavy atom. The van der Waals surface area contributed by atoms with Gasteiger partial charge in [-0.1, -0.05) is 13.8 Å². The quantitative estimate of drug-likeness (QED) is 0.769. The number of carbonyl (C=O) groups is 1. The van der Waals surface area contributed by atoms with Crippen LogP contribution in [0.3, 0.4) is 0 Å². The van der Waals surface area contributed by atoms with Crippen molar-refractivity contribution in [2.24, 2.45) is 11.7 Å². The van der Waals surface area contributed by atoms with Gasteiger partial charge in [-0.15, -0.1) is 0 Å². The lowest BCUT2D eigenvalue weighted by Crippen LogP contribution is -2.26. The summed E-state index contributed by atoms with van der Waals surface area (Å²) in [4.78, 5) is 11.0. The first-order valence-corrected chi connectivity index (χ1v) is 6.90. The van der Waals surface area contributed by atoms with E-state index in [4.69, 9.17) is 10.5 Å². The minimum absolute atomic E-state index is 0.0236. The first kappa shape index (κ1) is 16.4. The third kappa shape index (κ3) is 4.81. The van der Waals surface area contributed by atoms with Gasteiger partial charge in [0.2, 0.25) is 5.91 Å². The molecule has 5 heteroatoms. The Morgan fingerprint density at radius 2 is 2.15 bits per heavy atom. The third-order valence-corrected chi connectivity index (χ3v) is 3.11. The Morgan fingerprint density at radius 3 is 2.75 bits per heavy atom. The Hall–Kier alpha value is -1.62. The van der Waals surface area contributed by atoms with Crippen molar-refractivity contribution in [3.05, 3.63) is 29.6 Å². The lowest BCUT2D eigenvalue weighted by atomic mass is 10.1. The van der Waals surface area contributed by atoms with Crippen LogP contribution in [0.25, 0.3) is 0 Å². The Bertz CT molecular complexity index is 451. The standard InChI is InChI=1S/C15H23FN2O2/c1-4-7-18-11(3)13-8-12(16)5-6-14(13)20-9-10(2)15(17)19/h5-6,8,10-11,18H,4,7,9H2,1-3H3,(H2,17,19). The van der Waals surface area contributed by atoms with Crippen LogP contribution in [0.4, 0.5) is 4.39 Å². The first-order chi connectivity index (χ1) is 9.45. The fourth-order valence-electron chi connectivity index (χ4n) is 1.76. The maximum atomic E-state index is 13.4. The van der Waals surface area contributed by atoms with Gasteiger partial charge in [-0.05, 0) is 38.1 Å². The summed E-state index contributed by atoms with van der Waals surface area (Å²) in [5, 5.41) is 3.29. The van der Waals surface area contributed by atoms with Gasteiger partial charge in [-0.3, -0.25) is 4.79 Å². The molecule has 0 bridgehead atoms. The number of benzene rings is 1. The molecule has 2 atom stereocenters. The number of hydrogen-bond acceptors (Lipinski definition) is 3. The lowest BCUT2D eigenvalue weighted by Gasteiger charge is -2.19. The van der Waals surface area contributed by atoms with E-state index in [-0.39, 0.29) is 24.4 Å². The monoisotopic (exact) mass is 282 g/mol. The van der Waals surface area contributed by atoms with Crippen LogP contribution in [-0.2, 0) is 4.79 Å². The number of rotatable bonds is 8. The van der Waals surface area contributed by atoms with Crippen molar-refractivity contribution in [1.29, 1.82) is 0 Å². The maximum Gasteiger partial charge on any atom is 0.223 e. The van der Waals surface area contributed by atoms with Gasteiger partial charge in [0.25, 0.3) is 0 Å². The van der Waals surface area contributed by atoms with Gasteiger partial charge in [-0.25, -0.2) is 4.39 Å². The van der Waals surface area contributed by atoms with Crippen molar-refractivity contribution in [3.63, 3.8) is 0 Å². The van der Waals surface area contributed by atoms with Crippen LogP contribution in [0.15, 0.2) is 18.2 Å². The Balaban J connectivity index is 2.81. The van der Waals surface area contributed by atoms with Crippen LogP contribution in [-0.4, -0.2) is 19.1 Å². The summed E-state index contributed by atoms with van der Waals surface area (Å²) in [5.41, 5.74) is 5.94. The van der Waals surface area contributed by atoms with Gasteiger partial charge in [0.15, 0.2) is 0 Å². The second-order valence-corrected chi connectivity index (χ2v) is 4.97. The molecule has 1 amide bonds. The number of carbonyl (C=O) groups excluding carboxylic acids is 1. The maximum absolute atomic E-state index is 13.4. The molecule has 0 radical (unpaired) electrons. The van der Waals surface area contributed by atoms with Crippen molar-refractivity contribution in [2.75, 3.05) is 13.2 Å². The summed E-state index contributed by atoms with van der Waals surface area (Å²) in [6, 6.07) is 4.37. The molecule has 1 aromatic carbocycles. The zero-order valence-corrected chi connectivity index (χ0v) is 12.3. The highest BCUT2D eigenvalue weighted by Crippen LogP contribution is 2.26. The van der Waals surface area contributed by atoms with Crippen molar-refractivity contribution < 1.29 is 13.9 Å². The molecule has 2 unspecified atom stereocenters. The summed E-state index contributed by atoms with van der Waals surface area (Å²) in [5.74, 6) is -0.520. The molecule has 0 aliphatic carbocycles. The normalized spacial score (nSPS) is 13.8. The first-order valence-electron chi connectivity index (χ1n) is 6.90. The zero-order valence-electron chi connectivity index (χ0n) is 12.3. The molecule has 1 aromatic rings. The predicted octanol–water partition coefficient (Wildman–Crippen LogP) is 2.39. The Kier molecular flexibility index (Phi) is 6.45. The van der Waals surface area contributed by atoms with E-state index in [0.29, 0.717) is 5.75 Å². The van der Waals surface area contributed by atoms with E-state index in [0.717, 1.165) is 18.5 Å². The number of amides is 1. The van der Waals surface area contributed by atoms with E-state index in [1.807, 2.05) is 6.92 Å². The van der Waals surface area contributed by atoms with E-state index in [1.165, 1.54) is 12.1 Å². The molecule has 0 saturated heterocycles. The van der Waals surface area contributed by atoms with Gasteiger partial charge in [0.05, 0.1) is 12.5 Å². The van der Waals surface area contributed by atoms with E-state index in [1.54, 1.807) is 13.0 Å². The molecule has 4 nitrogen and oxygen atoms in total. The molecular formula is C15H23FN2O2. The second-order valence-electron chi connectivity index (χ2n) is 4.97. The fraction of sp³-hybridized carbons (Fsp3) is 0.533. The van der Waals surface area contributed by atoms with Crippen LogP contribution in [0.2, 0.25) is 0 Å². The average Bonchev–Trinajstić information content (AvgIpc) is 2.42. The van der Waals surface area contributed by atoms with Gasteiger partial charge in [0, 0.05) is 11.6 Å². The van der Waals surface area contributed by atoms with Crippen LogP contribution < -0.4 is 15.8 Å². The number of ether oxygens (including phenoxy) is 1. The third-order valence-electron chi connectivity index (χ3n) is 3.11. The van der Waals surface area contributed by atoms with Crippen LogP contribution in [0, 0.1) is 11.7 Å². The predicted molar refractivity (Wildman–Crippen MR) is 77.0 cm³/mol. The highest BCUT2D eigenvalue weighted by atomic mass is 19.1. The zero-order chi connectivity index (χ0) is 15.1. The highest BCUT2D eigenvalue weighted by molar-refractivity contribution is 5.76. The Labute approximate surface area is 119 Å². The van der Waals surface area contributed by atoms with Crippen LogP contribution in [0.5, 0.6) is 5.75 Å². The summed E-state index contributed by atoms with van der Waals surface area (Å²) in [7, 11) is 0. The molecule has 0 heterocycles. The van der Waals surface area contributed by atoms with Crippen molar-refractivity contribution in [1.82, 2.24) is 5.32 Å². The number of nitrogens with two attached hydrogens (primary N) is 1.